The van der Waals surface area contributed by atoms with Crippen LogP contribution in [0.1, 0.15) is 36.1 Å². The Balaban J connectivity index is 0.792. The van der Waals surface area contributed by atoms with Crippen molar-refractivity contribution in [3.8, 4) is 34.5 Å². The predicted molar refractivity (Wildman–Crippen MR) is 223 cm³/mol. The van der Waals surface area contributed by atoms with Gasteiger partial charge in [-0.05, 0) is 104 Å². The highest BCUT2D eigenvalue weighted by Crippen LogP contribution is 2.38. The van der Waals surface area contributed by atoms with Crippen molar-refractivity contribution in [3.05, 3.63) is 131 Å². The molecule has 0 N–H and O–H groups in total. The summed E-state index contributed by atoms with van der Waals surface area (Å²) in [5, 5.41) is 4.30. The van der Waals surface area contributed by atoms with Gasteiger partial charge in [0.05, 0.1) is 38.6 Å². The van der Waals surface area contributed by atoms with Crippen molar-refractivity contribution in [3.63, 3.8) is 0 Å². The van der Waals surface area contributed by atoms with Crippen LogP contribution in [0.25, 0.3) is 21.5 Å². The van der Waals surface area contributed by atoms with Gasteiger partial charge in [0.25, 0.3) is 0 Å². The molecule has 0 radical (unpaired) electrons. The fourth-order valence-corrected chi connectivity index (χ4v) is 7.36. The van der Waals surface area contributed by atoms with Gasteiger partial charge in [0.1, 0.15) is 59.9 Å². The van der Waals surface area contributed by atoms with Gasteiger partial charge in [-0.25, -0.2) is 0 Å². The summed E-state index contributed by atoms with van der Waals surface area (Å²) in [5.41, 5.74) is 4.24. The number of epoxide rings is 4. The fraction of sp³-hybridized carbons (Fsp3) is 0.347. The molecule has 6 aromatic carbocycles. The smallest absolute Gasteiger partial charge is 0.230 e. The average Bonchev–Trinajstić information content (AvgIpc) is 4.03. The van der Waals surface area contributed by atoms with Gasteiger partial charge in [-0.1, -0.05) is 62.4 Å². The zero-order valence-electron chi connectivity index (χ0n) is 33.4. The van der Waals surface area contributed by atoms with Crippen molar-refractivity contribution in [2.24, 2.45) is 0 Å². The highest BCUT2D eigenvalue weighted by atomic mass is 16.7. The molecule has 304 valence electrons. The normalized spacial score (nSPS) is 20.2. The predicted octanol–water partition coefficient (Wildman–Crippen LogP) is 8.59. The first-order valence-corrected chi connectivity index (χ1v) is 20.5. The van der Waals surface area contributed by atoms with Crippen LogP contribution in [0.4, 0.5) is 0 Å². The lowest BCUT2D eigenvalue weighted by Gasteiger charge is -2.28. The zero-order valence-corrected chi connectivity index (χ0v) is 33.4. The van der Waals surface area contributed by atoms with Crippen molar-refractivity contribution in [2.75, 3.05) is 53.2 Å². The van der Waals surface area contributed by atoms with Gasteiger partial charge in [-0.3, -0.25) is 0 Å². The van der Waals surface area contributed by atoms with Crippen LogP contribution in [0.15, 0.2) is 109 Å². The third kappa shape index (κ3) is 9.53. The highest BCUT2D eigenvalue weighted by Gasteiger charge is 2.30. The zero-order chi connectivity index (χ0) is 39.8. The molecular formula is C49H48O10. The molecule has 0 amide bonds. The second-order valence-corrected chi connectivity index (χ2v) is 16.3. The molecule has 10 heteroatoms. The van der Waals surface area contributed by atoms with Gasteiger partial charge >= 0.3 is 0 Å². The quantitative estimate of drug-likeness (QED) is 0.0551. The van der Waals surface area contributed by atoms with E-state index in [1.165, 1.54) is 11.1 Å². The summed E-state index contributed by atoms with van der Waals surface area (Å²) in [4.78, 5) is 0. The molecule has 0 aliphatic carbocycles. The number of ether oxygens (including phenoxy) is 10. The van der Waals surface area contributed by atoms with Crippen molar-refractivity contribution in [1.29, 1.82) is 0 Å². The first-order chi connectivity index (χ1) is 28.9. The standard InChI is InChI=1S/C49H48O10/c1-49(2,37-7-13-47(35(15-37)21-43-23-52-43)58-29-56-41-11-5-31-17-39(9-3-33(31)19-41)50-25-45-27-54-45)38-8-14-48(36(16-38)22-44-24-53-44)59-30-57-42-12-6-32-18-40(10-4-34(32)20-42)51-26-46-28-55-46/h3-20,43-46H,21-30H2,1-2H3. The van der Waals surface area contributed by atoms with Crippen LogP contribution in [-0.2, 0) is 37.2 Å². The van der Waals surface area contributed by atoms with Crippen LogP contribution >= 0.6 is 0 Å². The van der Waals surface area contributed by atoms with Crippen molar-refractivity contribution in [1.82, 2.24) is 0 Å². The summed E-state index contributed by atoms with van der Waals surface area (Å²) in [5.74, 6) is 4.74. The van der Waals surface area contributed by atoms with E-state index in [1.54, 1.807) is 0 Å². The third-order valence-corrected chi connectivity index (χ3v) is 11.4. The fourth-order valence-electron chi connectivity index (χ4n) is 7.36. The second kappa shape index (κ2) is 16.3. The van der Waals surface area contributed by atoms with E-state index in [0.29, 0.717) is 13.2 Å². The number of rotatable bonds is 20. The van der Waals surface area contributed by atoms with E-state index in [2.05, 4.69) is 50.2 Å². The molecule has 4 unspecified atom stereocenters. The van der Waals surface area contributed by atoms with Crippen LogP contribution in [-0.4, -0.2) is 77.6 Å². The molecule has 4 fully saturated rings. The van der Waals surface area contributed by atoms with Gasteiger partial charge in [0.15, 0.2) is 0 Å². The Morgan fingerprint density at radius 2 is 0.780 bits per heavy atom. The number of fused-ring (bicyclic) bond motifs is 2. The molecule has 0 aromatic heterocycles. The number of hydrogen-bond donors (Lipinski definition) is 0. The maximum Gasteiger partial charge on any atom is 0.230 e. The minimum atomic E-state index is -0.314. The molecule has 10 rings (SSSR count). The summed E-state index contributed by atoms with van der Waals surface area (Å²) in [6.07, 6.45) is 2.38. The van der Waals surface area contributed by atoms with Crippen LogP contribution in [0.2, 0.25) is 0 Å². The molecule has 4 aliphatic rings. The average molecular weight is 797 g/mol. The van der Waals surface area contributed by atoms with E-state index in [4.69, 9.17) is 47.4 Å². The molecule has 4 atom stereocenters. The lowest BCUT2D eigenvalue weighted by Crippen LogP contribution is -2.20. The van der Waals surface area contributed by atoms with Crippen molar-refractivity contribution >= 4 is 21.5 Å². The molecule has 4 saturated heterocycles. The Morgan fingerprint density at radius 1 is 0.424 bits per heavy atom. The van der Waals surface area contributed by atoms with E-state index >= 15 is 0 Å². The SMILES string of the molecule is CC(C)(c1ccc(OCOc2ccc3cc(OCC4CO4)ccc3c2)c(CC2CO2)c1)c1ccc(OCOc2ccc3cc(OCC4CO4)ccc3c2)c(CC2CO2)c1. The topological polar surface area (TPSA) is 106 Å². The van der Waals surface area contributed by atoms with E-state index in [-0.39, 0.29) is 43.4 Å². The Labute approximate surface area is 343 Å². The first kappa shape index (κ1) is 37.7. The Morgan fingerprint density at radius 3 is 1.14 bits per heavy atom. The minimum absolute atomic E-state index is 0.0844. The summed E-state index contributed by atoms with van der Waals surface area (Å²) >= 11 is 0. The van der Waals surface area contributed by atoms with Crippen LogP contribution in [0, 0.1) is 0 Å². The Bertz CT molecular complexity index is 2280. The monoisotopic (exact) mass is 796 g/mol. The highest BCUT2D eigenvalue weighted by molar-refractivity contribution is 5.86. The van der Waals surface area contributed by atoms with Gasteiger partial charge < -0.3 is 47.4 Å². The second-order valence-electron chi connectivity index (χ2n) is 16.3. The van der Waals surface area contributed by atoms with Crippen LogP contribution in [0.3, 0.4) is 0 Å². The molecule has 0 saturated carbocycles. The van der Waals surface area contributed by atoms with Gasteiger partial charge in [0.2, 0.25) is 13.6 Å². The van der Waals surface area contributed by atoms with Crippen molar-refractivity contribution < 1.29 is 47.4 Å². The summed E-state index contributed by atoms with van der Waals surface area (Å²) in [7, 11) is 0. The summed E-state index contributed by atoms with van der Waals surface area (Å²) in [6.45, 7) is 8.91. The van der Waals surface area contributed by atoms with Crippen LogP contribution in [0.5, 0.6) is 34.5 Å². The third-order valence-electron chi connectivity index (χ3n) is 11.4. The molecule has 6 aromatic rings. The lowest BCUT2D eigenvalue weighted by molar-refractivity contribution is 0.118. The maximum absolute atomic E-state index is 6.27. The Hall–Kier alpha value is -5.52. The molecule has 0 spiro atoms. The van der Waals surface area contributed by atoms with Crippen LogP contribution < -0.4 is 28.4 Å². The molecule has 4 aliphatic heterocycles. The van der Waals surface area contributed by atoms with E-state index in [9.17, 15) is 0 Å². The first-order valence-electron chi connectivity index (χ1n) is 20.5. The number of hydrogen-bond acceptors (Lipinski definition) is 10. The summed E-state index contributed by atoms with van der Waals surface area (Å²) < 4.78 is 58.2. The maximum atomic E-state index is 6.27. The summed E-state index contributed by atoms with van der Waals surface area (Å²) in [6, 6.07) is 37.1. The van der Waals surface area contributed by atoms with Crippen molar-refractivity contribution in [2.45, 2.75) is 56.5 Å². The molecular weight excluding hydrogens is 749 g/mol. The van der Waals surface area contributed by atoms with Gasteiger partial charge in [-0.15, -0.1) is 0 Å². The van der Waals surface area contributed by atoms with E-state index in [1.807, 2.05) is 72.8 Å². The minimum Gasteiger partial charge on any atom is -0.491 e. The molecule has 10 nitrogen and oxygen atoms in total. The van der Waals surface area contributed by atoms with Gasteiger partial charge in [-0.2, -0.15) is 0 Å². The molecule has 59 heavy (non-hydrogen) atoms. The number of benzene rings is 6. The molecule has 0 bridgehead atoms. The van der Waals surface area contributed by atoms with Gasteiger partial charge in [0, 0.05) is 18.3 Å². The Kier molecular flexibility index (Phi) is 10.4. The molecule has 4 heterocycles. The van der Waals surface area contributed by atoms with E-state index in [0.717, 1.165) is 106 Å². The largest absolute Gasteiger partial charge is 0.491 e. The van der Waals surface area contributed by atoms with E-state index < -0.39 is 0 Å². The lowest BCUT2D eigenvalue weighted by atomic mass is 9.76.